The molecule has 4 nitrogen and oxygen atoms in total. The van der Waals surface area contributed by atoms with Gasteiger partial charge in [0.15, 0.2) is 0 Å². The first-order valence-electron chi connectivity index (χ1n) is 6.47. The molecule has 1 heterocycles. The van der Waals surface area contributed by atoms with Crippen molar-refractivity contribution in [3.63, 3.8) is 0 Å². The van der Waals surface area contributed by atoms with E-state index in [9.17, 15) is 4.79 Å². The van der Waals surface area contributed by atoms with Crippen LogP contribution in [0.25, 0.3) is 0 Å². The Morgan fingerprint density at radius 3 is 2.40 bits per heavy atom. The van der Waals surface area contributed by atoms with E-state index in [1.807, 2.05) is 24.3 Å². The summed E-state index contributed by atoms with van der Waals surface area (Å²) in [7, 11) is 0. The Balaban J connectivity index is 1.96. The molecule has 0 fully saturated rings. The minimum absolute atomic E-state index is 0.176. The first-order chi connectivity index (χ1) is 9.56. The minimum atomic E-state index is -0.978. The van der Waals surface area contributed by atoms with Gasteiger partial charge in [0, 0.05) is 6.20 Å². The fourth-order valence-corrected chi connectivity index (χ4v) is 1.74. The smallest absolute Gasteiger partial charge is 0.337 e. The molecule has 1 aromatic carbocycles. The van der Waals surface area contributed by atoms with Gasteiger partial charge < -0.3 is 9.84 Å². The fraction of sp³-hybridized carbons (Fsp3) is 0.250. The van der Waals surface area contributed by atoms with Crippen molar-refractivity contribution in [2.24, 2.45) is 0 Å². The Labute approximate surface area is 118 Å². The van der Waals surface area contributed by atoms with Crippen LogP contribution < -0.4 is 4.74 Å². The third-order valence-electron chi connectivity index (χ3n) is 3.01. The van der Waals surface area contributed by atoms with Gasteiger partial charge in [-0.25, -0.2) is 4.79 Å². The standard InChI is InChI=1S/C16H17NO3/c1-11(2)12-4-7-15(8-5-12)20-10-14-6-3-13(9-17-14)16(18)19/h3-9,11H,10H2,1-2H3,(H,18,19). The maximum absolute atomic E-state index is 10.7. The Morgan fingerprint density at radius 1 is 1.20 bits per heavy atom. The largest absolute Gasteiger partial charge is 0.487 e. The summed E-state index contributed by atoms with van der Waals surface area (Å²) in [5.41, 5.74) is 2.14. The van der Waals surface area contributed by atoms with Crippen molar-refractivity contribution in [2.75, 3.05) is 0 Å². The normalized spacial score (nSPS) is 10.6. The monoisotopic (exact) mass is 271 g/mol. The zero-order valence-corrected chi connectivity index (χ0v) is 11.5. The number of aromatic carboxylic acids is 1. The molecule has 0 aliphatic carbocycles. The van der Waals surface area contributed by atoms with E-state index in [0.29, 0.717) is 18.2 Å². The van der Waals surface area contributed by atoms with Crippen LogP contribution in [0, 0.1) is 0 Å². The molecule has 2 rings (SSSR count). The number of carboxylic acid groups (broad SMARTS) is 1. The topological polar surface area (TPSA) is 59.4 Å². The van der Waals surface area contributed by atoms with Crippen molar-refractivity contribution >= 4 is 5.97 Å². The summed E-state index contributed by atoms with van der Waals surface area (Å²) in [5, 5.41) is 8.78. The van der Waals surface area contributed by atoms with Crippen molar-refractivity contribution in [1.82, 2.24) is 4.98 Å². The number of hydrogen-bond donors (Lipinski definition) is 1. The molecule has 0 aliphatic heterocycles. The van der Waals surface area contributed by atoms with Crippen molar-refractivity contribution in [1.29, 1.82) is 0 Å². The highest BCUT2D eigenvalue weighted by molar-refractivity contribution is 5.87. The summed E-state index contributed by atoms with van der Waals surface area (Å²) in [6.07, 6.45) is 1.34. The van der Waals surface area contributed by atoms with Gasteiger partial charge in [-0.2, -0.15) is 0 Å². The number of nitrogens with zero attached hydrogens (tertiary/aromatic N) is 1. The quantitative estimate of drug-likeness (QED) is 0.904. The molecule has 4 heteroatoms. The molecule has 0 spiro atoms. The number of aromatic nitrogens is 1. The average molecular weight is 271 g/mol. The van der Waals surface area contributed by atoms with Gasteiger partial charge in [0.25, 0.3) is 0 Å². The van der Waals surface area contributed by atoms with Gasteiger partial charge >= 0.3 is 5.97 Å². The summed E-state index contributed by atoms with van der Waals surface area (Å²) < 4.78 is 5.62. The number of benzene rings is 1. The molecule has 0 saturated carbocycles. The van der Waals surface area contributed by atoms with Gasteiger partial charge in [-0.3, -0.25) is 4.98 Å². The van der Waals surface area contributed by atoms with E-state index in [1.165, 1.54) is 17.8 Å². The Kier molecular flexibility index (Phi) is 4.35. The molecule has 1 aromatic heterocycles. The second-order valence-electron chi connectivity index (χ2n) is 4.86. The van der Waals surface area contributed by atoms with Crippen molar-refractivity contribution in [3.05, 3.63) is 59.4 Å². The van der Waals surface area contributed by atoms with Crippen molar-refractivity contribution in [3.8, 4) is 5.75 Å². The lowest BCUT2D eigenvalue weighted by molar-refractivity contribution is 0.0696. The van der Waals surface area contributed by atoms with Crippen LogP contribution >= 0.6 is 0 Å². The van der Waals surface area contributed by atoms with Crippen LogP contribution in [-0.2, 0) is 6.61 Å². The highest BCUT2D eigenvalue weighted by atomic mass is 16.5. The summed E-state index contributed by atoms with van der Waals surface area (Å²) in [6, 6.07) is 11.1. The zero-order chi connectivity index (χ0) is 14.5. The van der Waals surface area contributed by atoms with Crippen LogP contribution in [0.4, 0.5) is 0 Å². The van der Waals surface area contributed by atoms with Gasteiger partial charge in [-0.05, 0) is 35.7 Å². The van der Waals surface area contributed by atoms with E-state index in [2.05, 4.69) is 18.8 Å². The highest BCUT2D eigenvalue weighted by Crippen LogP contribution is 2.19. The van der Waals surface area contributed by atoms with E-state index >= 15 is 0 Å². The zero-order valence-electron chi connectivity index (χ0n) is 11.5. The summed E-state index contributed by atoms with van der Waals surface area (Å²) in [6.45, 7) is 4.61. The molecule has 1 N–H and O–H groups in total. The van der Waals surface area contributed by atoms with Gasteiger partial charge in [-0.15, -0.1) is 0 Å². The fourth-order valence-electron chi connectivity index (χ4n) is 1.74. The summed E-state index contributed by atoms with van der Waals surface area (Å²) >= 11 is 0. The van der Waals surface area contributed by atoms with Crippen molar-refractivity contribution < 1.29 is 14.6 Å². The molecule has 0 radical (unpaired) electrons. The first-order valence-corrected chi connectivity index (χ1v) is 6.47. The molecule has 0 aliphatic rings. The molecular weight excluding hydrogens is 254 g/mol. The lowest BCUT2D eigenvalue weighted by Crippen LogP contribution is -2.01. The first kappa shape index (κ1) is 14.1. The van der Waals surface area contributed by atoms with Crippen LogP contribution in [0.5, 0.6) is 5.75 Å². The molecule has 0 unspecified atom stereocenters. The van der Waals surface area contributed by atoms with E-state index < -0.39 is 5.97 Å². The maximum Gasteiger partial charge on any atom is 0.337 e. The Bertz CT molecular complexity index is 574. The number of carboxylic acids is 1. The minimum Gasteiger partial charge on any atom is -0.487 e. The van der Waals surface area contributed by atoms with E-state index in [0.717, 1.165) is 5.75 Å². The van der Waals surface area contributed by atoms with Crippen LogP contribution in [0.3, 0.4) is 0 Å². The SMILES string of the molecule is CC(C)c1ccc(OCc2ccc(C(=O)O)cn2)cc1. The number of ether oxygens (including phenoxy) is 1. The second kappa shape index (κ2) is 6.19. The van der Waals surface area contributed by atoms with E-state index in [-0.39, 0.29) is 5.56 Å². The van der Waals surface area contributed by atoms with Crippen LogP contribution in [-0.4, -0.2) is 16.1 Å². The third-order valence-corrected chi connectivity index (χ3v) is 3.01. The number of hydrogen-bond acceptors (Lipinski definition) is 3. The molecular formula is C16H17NO3. The second-order valence-corrected chi connectivity index (χ2v) is 4.86. The Hall–Kier alpha value is -2.36. The van der Waals surface area contributed by atoms with E-state index in [1.54, 1.807) is 6.07 Å². The van der Waals surface area contributed by atoms with Gasteiger partial charge in [-0.1, -0.05) is 26.0 Å². The van der Waals surface area contributed by atoms with E-state index in [4.69, 9.17) is 9.84 Å². The van der Waals surface area contributed by atoms with Gasteiger partial charge in [0.05, 0.1) is 11.3 Å². The number of pyridine rings is 1. The molecule has 0 amide bonds. The van der Waals surface area contributed by atoms with Gasteiger partial charge in [0.1, 0.15) is 12.4 Å². The lowest BCUT2D eigenvalue weighted by atomic mass is 10.0. The average Bonchev–Trinajstić information content (AvgIpc) is 2.46. The Morgan fingerprint density at radius 2 is 1.90 bits per heavy atom. The number of rotatable bonds is 5. The van der Waals surface area contributed by atoms with Gasteiger partial charge in [0.2, 0.25) is 0 Å². The molecule has 104 valence electrons. The maximum atomic E-state index is 10.7. The summed E-state index contributed by atoms with van der Waals surface area (Å²) in [4.78, 5) is 14.8. The summed E-state index contributed by atoms with van der Waals surface area (Å²) in [5.74, 6) is 0.294. The van der Waals surface area contributed by atoms with Crippen LogP contribution in [0.2, 0.25) is 0 Å². The predicted molar refractivity (Wildman–Crippen MR) is 76.1 cm³/mol. The number of carbonyl (C=O) groups is 1. The van der Waals surface area contributed by atoms with Crippen molar-refractivity contribution in [2.45, 2.75) is 26.4 Å². The molecule has 20 heavy (non-hydrogen) atoms. The molecule has 0 bridgehead atoms. The van der Waals surface area contributed by atoms with Crippen LogP contribution in [0.15, 0.2) is 42.6 Å². The molecule has 0 atom stereocenters. The molecule has 2 aromatic rings. The predicted octanol–water partition coefficient (Wildman–Crippen LogP) is 3.48. The third kappa shape index (κ3) is 3.57. The molecule has 0 saturated heterocycles. The van der Waals surface area contributed by atoms with Crippen LogP contribution in [0.1, 0.15) is 41.4 Å². The lowest BCUT2D eigenvalue weighted by Gasteiger charge is -2.08. The highest BCUT2D eigenvalue weighted by Gasteiger charge is 2.04.